The molecule has 0 spiro atoms. The maximum atomic E-state index is 13.1. The van der Waals surface area contributed by atoms with Gasteiger partial charge < -0.3 is 31.1 Å². The normalized spacial score (nSPS) is 22.1. The molecule has 0 bridgehead atoms. The minimum atomic E-state index is -0.610. The summed E-state index contributed by atoms with van der Waals surface area (Å²) >= 11 is 12.9. The average Bonchev–Trinajstić information content (AvgIpc) is 3.84. The molecular formula is C46H44Cl2F2N16O2. The first-order chi connectivity index (χ1) is 33.1. The van der Waals surface area contributed by atoms with Crippen molar-refractivity contribution in [2.75, 3.05) is 57.2 Å². The van der Waals surface area contributed by atoms with Gasteiger partial charge in [-0.3, -0.25) is 19.6 Å². The monoisotopic (exact) mass is 960 g/mol. The Labute approximate surface area is 397 Å². The van der Waals surface area contributed by atoms with Crippen LogP contribution < -0.4 is 31.1 Å². The van der Waals surface area contributed by atoms with E-state index in [0.29, 0.717) is 72.7 Å². The highest BCUT2D eigenvalue weighted by Gasteiger charge is 2.40. The van der Waals surface area contributed by atoms with Crippen LogP contribution in [0.3, 0.4) is 0 Å². The number of rotatable bonds is 10. The molecule has 12 rings (SSSR count). The predicted octanol–water partition coefficient (Wildman–Crippen LogP) is 6.50. The van der Waals surface area contributed by atoms with E-state index in [-0.39, 0.29) is 22.6 Å². The number of pyridine rings is 2. The number of amides is 2. The Hall–Kier alpha value is -7.06. The van der Waals surface area contributed by atoms with E-state index in [1.54, 1.807) is 18.8 Å². The summed E-state index contributed by atoms with van der Waals surface area (Å²) in [6.45, 7) is 2.28. The number of aromatic nitrogens is 8. The van der Waals surface area contributed by atoms with Crippen molar-refractivity contribution >= 4 is 92.6 Å². The van der Waals surface area contributed by atoms with E-state index in [4.69, 9.17) is 33.2 Å². The van der Waals surface area contributed by atoms with Crippen LogP contribution in [0.25, 0.3) is 11.0 Å². The molecule has 6 aromatic heterocycles. The van der Waals surface area contributed by atoms with Gasteiger partial charge in [-0.2, -0.15) is 18.7 Å². The molecule has 18 nitrogen and oxygen atoms in total. The van der Waals surface area contributed by atoms with Crippen molar-refractivity contribution in [2.24, 2.45) is 21.8 Å². The van der Waals surface area contributed by atoms with Crippen LogP contribution >= 0.6 is 23.2 Å². The summed E-state index contributed by atoms with van der Waals surface area (Å²) in [5.74, 6) is 3.11. The van der Waals surface area contributed by atoms with E-state index in [1.807, 2.05) is 36.7 Å². The molecule has 4 fully saturated rings. The minimum absolute atomic E-state index is 0.245. The number of hydrogen-bond acceptors (Lipinski definition) is 14. The molecule has 6 aliphatic rings. The molecule has 2 saturated carbocycles. The van der Waals surface area contributed by atoms with Gasteiger partial charge in [0.25, 0.3) is 0 Å². The summed E-state index contributed by atoms with van der Waals surface area (Å²) in [6.07, 6.45) is 16.2. The van der Waals surface area contributed by atoms with Crippen LogP contribution in [0.15, 0.2) is 107 Å². The van der Waals surface area contributed by atoms with Crippen molar-refractivity contribution in [3.05, 3.63) is 109 Å². The van der Waals surface area contributed by atoms with Crippen LogP contribution in [-0.4, -0.2) is 112 Å². The van der Waals surface area contributed by atoms with Crippen molar-refractivity contribution in [3.8, 4) is 0 Å². The quantitative estimate of drug-likeness (QED) is 0.0861. The van der Waals surface area contributed by atoms with Crippen molar-refractivity contribution < 1.29 is 18.4 Å². The summed E-state index contributed by atoms with van der Waals surface area (Å²) in [4.78, 5) is 55.7. The number of nitrogens with one attached hydrogen (secondary N) is 4. The van der Waals surface area contributed by atoms with Crippen LogP contribution in [0.2, 0.25) is 0 Å². The summed E-state index contributed by atoms with van der Waals surface area (Å²) < 4.78 is 29.7. The largest absolute Gasteiger partial charge is 0.326 e. The number of carbonyl (C=O) groups excluding carboxylic acids is 2. The van der Waals surface area contributed by atoms with Gasteiger partial charge in [0.15, 0.2) is 11.6 Å². The molecule has 2 aliphatic carbocycles. The number of nitrogens with zero attached hydrogens (tertiary/aromatic N) is 12. The molecule has 0 aromatic carbocycles. The third kappa shape index (κ3) is 9.42. The van der Waals surface area contributed by atoms with Crippen LogP contribution in [0.1, 0.15) is 38.5 Å². The third-order valence-electron chi connectivity index (χ3n) is 12.6. The fourth-order valence-corrected chi connectivity index (χ4v) is 9.45. The van der Waals surface area contributed by atoms with Crippen LogP contribution in [0, 0.1) is 23.7 Å². The third-order valence-corrected chi connectivity index (χ3v) is 13.2. The van der Waals surface area contributed by atoms with Gasteiger partial charge >= 0.3 is 0 Å². The highest BCUT2D eigenvalue weighted by Crippen LogP contribution is 2.39. The molecular weight excluding hydrogens is 918 g/mol. The summed E-state index contributed by atoms with van der Waals surface area (Å²) in [5.41, 5.74) is 5.15. The molecule has 348 valence electrons. The molecule has 4 aliphatic heterocycles. The van der Waals surface area contributed by atoms with Gasteiger partial charge in [-0.15, -0.1) is 33.4 Å². The first-order valence-electron chi connectivity index (χ1n) is 22.5. The Morgan fingerprint density at radius 3 is 1.46 bits per heavy atom. The lowest BCUT2D eigenvalue weighted by atomic mass is 10.2. The summed E-state index contributed by atoms with van der Waals surface area (Å²) in [7, 11) is 0. The van der Waals surface area contributed by atoms with Gasteiger partial charge in [0.2, 0.25) is 35.6 Å². The average molecular weight is 962 g/mol. The number of alkyl halides is 2. The minimum Gasteiger partial charge on any atom is -0.326 e. The number of aliphatic imine (C=N–C) groups is 2. The Bertz CT molecular complexity index is 2840. The maximum absolute atomic E-state index is 13.1. The fraction of sp³-hybridized carbons (Fsp3) is 0.348. The molecule has 2 amide bonds. The smallest absolute Gasteiger partial charge is 0.247 e. The first kappa shape index (κ1) is 43.5. The highest BCUT2D eigenvalue weighted by molar-refractivity contribution is 6.22. The molecule has 0 radical (unpaired) electrons. The lowest BCUT2D eigenvalue weighted by Crippen LogP contribution is -2.41. The topological polar surface area (TPSA) is 200 Å². The second-order valence-corrected chi connectivity index (χ2v) is 18.8. The zero-order valence-corrected chi connectivity index (χ0v) is 37.8. The molecule has 6 aromatic rings. The molecule has 22 heteroatoms. The zero-order valence-electron chi connectivity index (χ0n) is 36.3. The van der Waals surface area contributed by atoms with Gasteiger partial charge in [0.05, 0.1) is 47.6 Å². The molecule has 0 unspecified atom stereocenters. The van der Waals surface area contributed by atoms with Gasteiger partial charge in [-0.25, -0.2) is 19.0 Å². The number of fused-ring (bicyclic) bond motifs is 2. The van der Waals surface area contributed by atoms with E-state index in [1.165, 1.54) is 73.5 Å². The predicted molar refractivity (Wildman–Crippen MR) is 256 cm³/mol. The number of halogens is 4. The Morgan fingerprint density at radius 2 is 1.06 bits per heavy atom. The van der Waals surface area contributed by atoms with Crippen molar-refractivity contribution in [1.29, 1.82) is 0 Å². The van der Waals surface area contributed by atoms with Gasteiger partial charge in [-0.05, 0) is 122 Å². The zero-order chi connectivity index (χ0) is 46.5. The Kier molecular flexibility index (Phi) is 11.6. The molecule has 10 heterocycles. The first-order valence-corrected chi connectivity index (χ1v) is 23.3. The van der Waals surface area contributed by atoms with E-state index in [0.717, 1.165) is 35.8 Å². The van der Waals surface area contributed by atoms with Crippen molar-refractivity contribution in [1.82, 2.24) is 39.2 Å². The molecule has 4 N–H and O–H groups in total. The highest BCUT2D eigenvalue weighted by atomic mass is 35.5. The van der Waals surface area contributed by atoms with Crippen LogP contribution in [0.4, 0.5) is 43.7 Å². The Morgan fingerprint density at radius 1 is 0.618 bits per heavy atom. The Balaban J connectivity index is 0.000000149. The van der Waals surface area contributed by atoms with E-state index in [9.17, 15) is 18.4 Å². The number of amidine groups is 2. The standard InChI is InChI=1S/2C23H22ClFN8O/c2*24-15-9-18(22(34)28-16-5-6-19(25)26-11-16)32(12-15)23-30-21(17-2-1-7-33(17)31-23)29-20-8-14(10-27-20)13-3-4-13/h2*1-2,5-8,11,13,15,18H,3-4,9-10,12H2,(H,28,34)(H,27,29,30,31)/t15-,18+;15-,18-/m10/s1. The van der Waals surface area contributed by atoms with Crippen molar-refractivity contribution in [2.45, 2.75) is 61.4 Å². The van der Waals surface area contributed by atoms with E-state index >= 15 is 0 Å². The van der Waals surface area contributed by atoms with E-state index < -0.39 is 24.0 Å². The summed E-state index contributed by atoms with van der Waals surface area (Å²) in [5, 5.41) is 21.0. The van der Waals surface area contributed by atoms with Gasteiger partial charge in [0, 0.05) is 25.5 Å². The van der Waals surface area contributed by atoms with Crippen LogP contribution in [-0.2, 0) is 9.59 Å². The molecule has 2 saturated heterocycles. The lowest BCUT2D eigenvalue weighted by molar-refractivity contribution is -0.118. The second kappa shape index (κ2) is 18.2. The van der Waals surface area contributed by atoms with Gasteiger partial charge in [-0.1, -0.05) is 0 Å². The molecule has 68 heavy (non-hydrogen) atoms. The van der Waals surface area contributed by atoms with Crippen LogP contribution in [0.5, 0.6) is 0 Å². The lowest BCUT2D eigenvalue weighted by Gasteiger charge is -2.24. The maximum Gasteiger partial charge on any atom is 0.247 e. The number of carbonyl (C=O) groups is 2. The number of hydrogen-bond donors (Lipinski definition) is 4. The van der Waals surface area contributed by atoms with Gasteiger partial charge in [0.1, 0.15) is 34.8 Å². The second-order valence-electron chi connectivity index (χ2n) is 17.6. The fourth-order valence-electron chi connectivity index (χ4n) is 8.82. The number of anilines is 6. The SMILES string of the molecule is O=C(Nc1ccc(F)nc1)[C@@H]1C[C@@H](Cl)CN1c1nc(NC2=NCC(C3CC3)=C2)c2cccn2n1.O=C(Nc1ccc(F)nc1)[C@@H]1C[C@H](Cl)CN1c1nc(NC2=NCC(C3CC3)=C2)c2cccn2n1. The van der Waals surface area contributed by atoms with E-state index in [2.05, 4.69) is 63.6 Å². The summed E-state index contributed by atoms with van der Waals surface area (Å²) in [6, 6.07) is 11.8. The molecule has 4 atom stereocenters. The van der Waals surface area contributed by atoms with Crippen molar-refractivity contribution in [3.63, 3.8) is 0 Å².